The summed E-state index contributed by atoms with van der Waals surface area (Å²) >= 11 is 0. The Hall–Kier alpha value is -1.63. The van der Waals surface area contributed by atoms with Crippen molar-refractivity contribution in [2.75, 3.05) is 7.11 Å². The Morgan fingerprint density at radius 2 is 1.71 bits per heavy atom. The molecule has 0 bridgehead atoms. The van der Waals surface area contributed by atoms with Crippen molar-refractivity contribution >= 4 is 17.8 Å². The number of aliphatic carboxylic acids is 1. The third-order valence-corrected chi connectivity index (χ3v) is 3.75. The molecule has 0 saturated heterocycles. The van der Waals surface area contributed by atoms with Crippen molar-refractivity contribution in [1.29, 1.82) is 0 Å². The molecule has 0 fully saturated rings. The number of rotatable bonds is 9. The van der Waals surface area contributed by atoms with Gasteiger partial charge in [0.25, 0.3) is 0 Å². The number of nitrogens with two attached hydrogens (primary N) is 1. The van der Waals surface area contributed by atoms with E-state index in [1.807, 2.05) is 13.8 Å². The van der Waals surface area contributed by atoms with Gasteiger partial charge in [0.05, 0.1) is 13.3 Å². The highest BCUT2D eigenvalue weighted by Crippen LogP contribution is 2.25. The Bertz CT molecular complexity index is 443. The topological polar surface area (TPSA) is 110 Å². The van der Waals surface area contributed by atoms with E-state index in [2.05, 4.69) is 0 Å². The lowest BCUT2D eigenvalue weighted by molar-refractivity contribution is -0.161. The molecule has 1 amide bonds. The molecule has 0 aromatic rings. The van der Waals surface area contributed by atoms with Crippen molar-refractivity contribution in [1.82, 2.24) is 4.90 Å². The summed E-state index contributed by atoms with van der Waals surface area (Å²) in [5, 5.41) is 8.69. The fourth-order valence-electron chi connectivity index (χ4n) is 2.47. The largest absolute Gasteiger partial charge is 0.481 e. The van der Waals surface area contributed by atoms with Crippen LogP contribution in [0.3, 0.4) is 0 Å². The van der Waals surface area contributed by atoms with Gasteiger partial charge in [-0.15, -0.1) is 0 Å². The first kappa shape index (κ1) is 22.4. The smallest absolute Gasteiger partial charge is 0.328 e. The molecule has 1 unspecified atom stereocenters. The van der Waals surface area contributed by atoms with E-state index in [0.29, 0.717) is 19.3 Å². The molecule has 0 aliphatic rings. The lowest BCUT2D eigenvalue weighted by atomic mass is 9.91. The van der Waals surface area contributed by atoms with Crippen molar-refractivity contribution in [3.8, 4) is 0 Å². The number of hydrogen-bond acceptors (Lipinski definition) is 5. The van der Waals surface area contributed by atoms with Crippen LogP contribution in [-0.2, 0) is 19.1 Å². The zero-order valence-corrected chi connectivity index (χ0v) is 15.7. The number of hydrogen-bond donors (Lipinski definition) is 2. The van der Waals surface area contributed by atoms with Gasteiger partial charge in [-0.1, -0.05) is 34.6 Å². The SMILES string of the molecule is COC(=O)[C@H](C(C)C)N(C(=O)C(C)(C)C)C(N)CCCCC(=O)O. The minimum absolute atomic E-state index is 0.0601. The molecular weight excluding hydrogens is 312 g/mol. The summed E-state index contributed by atoms with van der Waals surface area (Å²) < 4.78 is 4.86. The standard InChI is InChI=1S/C17H32N2O5/c1-11(2)14(15(22)24-6)19(16(23)17(3,4)5)12(18)9-7-8-10-13(20)21/h11-12,14H,7-10,18H2,1-6H3,(H,20,21)/t12?,14-/m0/s1. The van der Waals surface area contributed by atoms with Crippen LogP contribution in [0.25, 0.3) is 0 Å². The molecule has 3 N–H and O–H groups in total. The molecule has 0 radical (unpaired) electrons. The van der Waals surface area contributed by atoms with Crippen LogP contribution in [0.5, 0.6) is 0 Å². The fourth-order valence-corrected chi connectivity index (χ4v) is 2.47. The minimum atomic E-state index is -0.860. The molecule has 0 aromatic carbocycles. The normalized spacial score (nSPS) is 14.2. The lowest BCUT2D eigenvalue weighted by Crippen LogP contribution is -2.59. The molecule has 7 heteroatoms. The number of nitrogens with zero attached hydrogens (tertiary/aromatic N) is 1. The highest BCUT2D eigenvalue weighted by molar-refractivity contribution is 5.87. The van der Waals surface area contributed by atoms with Gasteiger partial charge < -0.3 is 20.5 Å². The molecule has 0 aliphatic heterocycles. The Balaban J connectivity index is 5.34. The van der Waals surface area contributed by atoms with Gasteiger partial charge >= 0.3 is 11.9 Å². The van der Waals surface area contributed by atoms with Crippen LogP contribution in [-0.4, -0.2) is 47.2 Å². The minimum Gasteiger partial charge on any atom is -0.481 e. The molecule has 0 aromatic heterocycles. The van der Waals surface area contributed by atoms with Crippen LogP contribution >= 0.6 is 0 Å². The zero-order chi connectivity index (χ0) is 19.1. The van der Waals surface area contributed by atoms with Gasteiger partial charge in [0, 0.05) is 11.8 Å². The van der Waals surface area contributed by atoms with E-state index in [9.17, 15) is 14.4 Å². The number of ether oxygens (including phenoxy) is 1. The first-order chi connectivity index (χ1) is 10.9. The van der Waals surface area contributed by atoms with E-state index in [1.165, 1.54) is 12.0 Å². The Kier molecular flexibility index (Phi) is 8.96. The van der Waals surface area contributed by atoms with E-state index in [4.69, 9.17) is 15.6 Å². The number of unbranched alkanes of at least 4 members (excludes halogenated alkanes) is 1. The molecule has 0 aliphatic carbocycles. The Morgan fingerprint density at radius 1 is 1.17 bits per heavy atom. The molecule has 140 valence electrons. The van der Waals surface area contributed by atoms with Crippen LogP contribution in [0.2, 0.25) is 0 Å². The summed E-state index contributed by atoms with van der Waals surface area (Å²) in [6.07, 6.45) is 0.857. The van der Waals surface area contributed by atoms with Gasteiger partial charge in [-0.25, -0.2) is 4.79 Å². The molecule has 7 nitrogen and oxygen atoms in total. The van der Waals surface area contributed by atoms with Crippen LogP contribution in [0.15, 0.2) is 0 Å². The molecule has 24 heavy (non-hydrogen) atoms. The average molecular weight is 344 g/mol. The number of carboxylic acids is 1. The maximum absolute atomic E-state index is 12.9. The monoisotopic (exact) mass is 344 g/mol. The van der Waals surface area contributed by atoms with Crippen molar-refractivity contribution in [3.63, 3.8) is 0 Å². The van der Waals surface area contributed by atoms with Crippen molar-refractivity contribution in [3.05, 3.63) is 0 Å². The van der Waals surface area contributed by atoms with E-state index in [-0.39, 0.29) is 18.2 Å². The number of esters is 1. The number of methoxy groups -OCH3 is 1. The highest BCUT2D eigenvalue weighted by Gasteiger charge is 2.40. The predicted molar refractivity (Wildman–Crippen MR) is 91.0 cm³/mol. The fraction of sp³-hybridized carbons (Fsp3) is 0.824. The molecule has 2 atom stereocenters. The summed E-state index contributed by atoms with van der Waals surface area (Å²) in [6, 6.07) is -0.767. The number of carbonyl (C=O) groups excluding carboxylic acids is 2. The summed E-state index contributed by atoms with van der Waals surface area (Å²) in [5.41, 5.74) is 5.52. The first-order valence-corrected chi connectivity index (χ1v) is 8.31. The van der Waals surface area contributed by atoms with Crippen LogP contribution < -0.4 is 5.73 Å². The van der Waals surface area contributed by atoms with E-state index in [1.54, 1.807) is 20.8 Å². The molecule has 0 rings (SSSR count). The van der Waals surface area contributed by atoms with Crippen LogP contribution in [0.1, 0.15) is 60.3 Å². The van der Waals surface area contributed by atoms with Gasteiger partial charge in [0.1, 0.15) is 6.04 Å². The third-order valence-electron chi connectivity index (χ3n) is 3.75. The van der Waals surface area contributed by atoms with E-state index >= 15 is 0 Å². The predicted octanol–water partition coefficient (Wildman–Crippen LogP) is 1.99. The number of carbonyl (C=O) groups is 3. The molecule has 0 saturated carbocycles. The third kappa shape index (κ3) is 6.86. The molecule has 0 heterocycles. The maximum Gasteiger partial charge on any atom is 0.328 e. The van der Waals surface area contributed by atoms with E-state index < -0.39 is 29.6 Å². The second-order valence-corrected chi connectivity index (χ2v) is 7.38. The van der Waals surface area contributed by atoms with Gasteiger partial charge in [-0.3, -0.25) is 9.59 Å². The van der Waals surface area contributed by atoms with Crippen LogP contribution in [0, 0.1) is 11.3 Å². The van der Waals surface area contributed by atoms with Crippen molar-refractivity contribution in [2.45, 2.75) is 72.5 Å². The summed E-state index contributed by atoms with van der Waals surface area (Å²) in [6.45, 7) is 8.99. The lowest BCUT2D eigenvalue weighted by Gasteiger charge is -2.40. The first-order valence-electron chi connectivity index (χ1n) is 8.31. The maximum atomic E-state index is 12.9. The van der Waals surface area contributed by atoms with Crippen molar-refractivity contribution in [2.24, 2.45) is 17.1 Å². The van der Waals surface area contributed by atoms with Gasteiger partial charge in [0.15, 0.2) is 0 Å². The number of carboxylic acid groups (broad SMARTS) is 1. The quantitative estimate of drug-likeness (QED) is 0.376. The van der Waals surface area contributed by atoms with Gasteiger partial charge in [0.2, 0.25) is 5.91 Å². The zero-order valence-electron chi connectivity index (χ0n) is 15.7. The highest BCUT2D eigenvalue weighted by atomic mass is 16.5. The van der Waals surface area contributed by atoms with Crippen molar-refractivity contribution < 1.29 is 24.2 Å². The van der Waals surface area contributed by atoms with Crippen LogP contribution in [0.4, 0.5) is 0 Å². The Morgan fingerprint density at radius 3 is 2.08 bits per heavy atom. The Labute approximate surface area is 144 Å². The van der Waals surface area contributed by atoms with Gasteiger partial charge in [-0.2, -0.15) is 0 Å². The molecule has 0 spiro atoms. The second-order valence-electron chi connectivity index (χ2n) is 7.38. The summed E-state index contributed by atoms with van der Waals surface area (Å²) in [7, 11) is 1.29. The summed E-state index contributed by atoms with van der Waals surface area (Å²) in [5.74, 6) is -1.74. The molecular formula is C17H32N2O5. The average Bonchev–Trinajstić information content (AvgIpc) is 2.45. The van der Waals surface area contributed by atoms with E-state index in [0.717, 1.165) is 0 Å². The summed E-state index contributed by atoms with van der Waals surface area (Å²) in [4.78, 5) is 37.1. The van der Waals surface area contributed by atoms with Gasteiger partial charge in [-0.05, 0) is 25.2 Å². The second kappa shape index (κ2) is 9.61. The number of amides is 1.